The number of para-hydroxylation sites is 1. The summed E-state index contributed by atoms with van der Waals surface area (Å²) in [5.41, 5.74) is 1.62. The van der Waals surface area contributed by atoms with Gasteiger partial charge in [0.2, 0.25) is 5.82 Å². The first-order valence-corrected chi connectivity index (χ1v) is 10.0. The van der Waals surface area contributed by atoms with Gasteiger partial charge in [-0.15, -0.1) is 10.2 Å². The molecule has 2 aromatic heterocycles. The van der Waals surface area contributed by atoms with Crippen LogP contribution in [-0.4, -0.2) is 47.3 Å². The van der Waals surface area contributed by atoms with E-state index in [1.165, 1.54) is 11.8 Å². The number of thioether (sulfide) groups is 1. The predicted octanol–water partition coefficient (Wildman–Crippen LogP) is 3.82. The van der Waals surface area contributed by atoms with Gasteiger partial charge in [0.1, 0.15) is 22.9 Å². The molecule has 0 spiro atoms. The van der Waals surface area contributed by atoms with Gasteiger partial charge in [-0.05, 0) is 44.5 Å². The van der Waals surface area contributed by atoms with Crippen LogP contribution in [0.1, 0.15) is 18.2 Å². The molecule has 0 bridgehead atoms. The summed E-state index contributed by atoms with van der Waals surface area (Å²) in [7, 11) is 3.16. The Bertz CT molecular complexity index is 970. The van der Waals surface area contributed by atoms with Crippen LogP contribution in [0.3, 0.4) is 0 Å². The zero-order valence-electron chi connectivity index (χ0n) is 17.0. The molecule has 0 unspecified atom stereocenters. The highest BCUT2D eigenvalue weighted by molar-refractivity contribution is 7.99. The number of aromatic nitrogens is 3. The fraction of sp³-hybridized carbons (Fsp3) is 0.350. The quantitative estimate of drug-likeness (QED) is 0.404. The van der Waals surface area contributed by atoms with Crippen LogP contribution in [0.5, 0.6) is 11.5 Å². The number of ether oxygens (including phenoxy) is 3. The molecule has 0 saturated carbocycles. The van der Waals surface area contributed by atoms with E-state index in [-0.39, 0.29) is 11.7 Å². The normalized spacial score (nSPS) is 10.8. The number of carbonyl (C=O) groups is 1. The zero-order valence-corrected chi connectivity index (χ0v) is 17.8. The lowest BCUT2D eigenvalue weighted by Crippen LogP contribution is -2.09. The topological polar surface area (TPSA) is 88.6 Å². The van der Waals surface area contributed by atoms with Gasteiger partial charge in [-0.1, -0.05) is 17.8 Å². The van der Waals surface area contributed by atoms with Crippen LogP contribution in [0, 0.1) is 13.8 Å². The SMILES string of the molecule is CCOC(=O)CSc1nnc(-c2cc(C)c(C)o2)n1-c1c(OC)cccc1OC. The summed E-state index contributed by atoms with van der Waals surface area (Å²) in [6.07, 6.45) is 0. The van der Waals surface area contributed by atoms with Gasteiger partial charge in [-0.3, -0.25) is 9.36 Å². The number of hydrogen-bond acceptors (Lipinski definition) is 8. The molecule has 3 aromatic rings. The van der Waals surface area contributed by atoms with Crippen LogP contribution in [0.4, 0.5) is 0 Å². The van der Waals surface area contributed by atoms with E-state index < -0.39 is 0 Å². The first-order valence-electron chi connectivity index (χ1n) is 9.02. The molecule has 154 valence electrons. The number of furan rings is 1. The Labute approximate surface area is 173 Å². The van der Waals surface area contributed by atoms with Crippen molar-refractivity contribution in [2.24, 2.45) is 0 Å². The van der Waals surface area contributed by atoms with Gasteiger partial charge in [0.15, 0.2) is 10.9 Å². The molecule has 2 heterocycles. The Hall–Kier alpha value is -2.94. The molecule has 0 aliphatic heterocycles. The Balaban J connectivity index is 2.17. The van der Waals surface area contributed by atoms with Gasteiger partial charge in [-0.25, -0.2) is 0 Å². The Morgan fingerprint density at radius 1 is 1.17 bits per heavy atom. The summed E-state index contributed by atoms with van der Waals surface area (Å²) < 4.78 is 23.8. The number of methoxy groups -OCH3 is 2. The van der Waals surface area contributed by atoms with Gasteiger partial charge >= 0.3 is 5.97 Å². The molecule has 0 aliphatic carbocycles. The van der Waals surface area contributed by atoms with E-state index in [4.69, 9.17) is 18.6 Å². The molecule has 29 heavy (non-hydrogen) atoms. The summed E-state index contributed by atoms with van der Waals surface area (Å²) in [5.74, 6) is 2.75. The van der Waals surface area contributed by atoms with Crippen molar-refractivity contribution in [3.05, 3.63) is 35.6 Å². The molecule has 0 atom stereocenters. The Morgan fingerprint density at radius 3 is 2.41 bits per heavy atom. The largest absolute Gasteiger partial charge is 0.494 e. The average molecular weight is 417 g/mol. The molecule has 8 nitrogen and oxygen atoms in total. The second-order valence-electron chi connectivity index (χ2n) is 6.10. The number of rotatable bonds is 8. The summed E-state index contributed by atoms with van der Waals surface area (Å²) in [5, 5.41) is 9.10. The Morgan fingerprint density at radius 2 is 1.86 bits per heavy atom. The van der Waals surface area contributed by atoms with Crippen molar-refractivity contribution >= 4 is 17.7 Å². The van der Waals surface area contributed by atoms with Crippen molar-refractivity contribution < 1.29 is 23.4 Å². The maximum atomic E-state index is 11.9. The lowest BCUT2D eigenvalue weighted by atomic mass is 10.2. The van der Waals surface area contributed by atoms with Crippen LogP contribution in [-0.2, 0) is 9.53 Å². The van der Waals surface area contributed by atoms with Gasteiger partial charge in [0.25, 0.3) is 0 Å². The highest BCUT2D eigenvalue weighted by atomic mass is 32.2. The average Bonchev–Trinajstić information content (AvgIpc) is 3.28. The van der Waals surface area contributed by atoms with Crippen molar-refractivity contribution in [1.82, 2.24) is 14.8 Å². The summed E-state index contributed by atoms with van der Waals surface area (Å²) >= 11 is 1.22. The maximum Gasteiger partial charge on any atom is 0.316 e. The highest BCUT2D eigenvalue weighted by Gasteiger charge is 2.25. The van der Waals surface area contributed by atoms with Crippen molar-refractivity contribution in [3.8, 4) is 28.8 Å². The number of hydrogen-bond donors (Lipinski definition) is 0. The van der Waals surface area contributed by atoms with Crippen molar-refractivity contribution in [3.63, 3.8) is 0 Å². The summed E-state index contributed by atoms with van der Waals surface area (Å²) in [4.78, 5) is 11.9. The highest BCUT2D eigenvalue weighted by Crippen LogP contribution is 2.38. The first-order chi connectivity index (χ1) is 14.0. The molecule has 0 aliphatic rings. The monoisotopic (exact) mass is 417 g/mol. The van der Waals surface area contributed by atoms with E-state index >= 15 is 0 Å². The van der Waals surface area contributed by atoms with Crippen molar-refractivity contribution in [2.45, 2.75) is 25.9 Å². The zero-order chi connectivity index (χ0) is 21.0. The smallest absolute Gasteiger partial charge is 0.316 e. The second-order valence-corrected chi connectivity index (χ2v) is 7.04. The fourth-order valence-electron chi connectivity index (χ4n) is 2.79. The van der Waals surface area contributed by atoms with Gasteiger partial charge in [0.05, 0.1) is 26.6 Å². The van der Waals surface area contributed by atoms with E-state index in [0.717, 1.165) is 11.3 Å². The predicted molar refractivity (Wildman–Crippen MR) is 109 cm³/mol. The minimum Gasteiger partial charge on any atom is -0.494 e. The number of benzene rings is 1. The molecule has 3 rings (SSSR count). The molecule has 1 aromatic carbocycles. The molecular weight excluding hydrogens is 394 g/mol. The molecule has 0 radical (unpaired) electrons. The molecule has 0 saturated heterocycles. The molecule has 9 heteroatoms. The Kier molecular flexibility index (Phi) is 6.48. The van der Waals surface area contributed by atoms with Crippen LogP contribution >= 0.6 is 11.8 Å². The van der Waals surface area contributed by atoms with E-state index in [0.29, 0.717) is 40.5 Å². The standard InChI is InChI=1S/C20H23N3O5S/c1-6-27-17(24)11-29-20-22-21-19(16-10-12(2)13(3)28-16)23(20)18-14(25-4)8-7-9-15(18)26-5/h7-10H,6,11H2,1-5H3. The molecule has 0 fully saturated rings. The second kappa shape index (κ2) is 9.04. The van der Waals surface area contributed by atoms with Gasteiger partial charge < -0.3 is 18.6 Å². The van der Waals surface area contributed by atoms with Gasteiger partial charge in [0, 0.05) is 0 Å². The van der Waals surface area contributed by atoms with E-state index in [9.17, 15) is 4.79 Å². The van der Waals surface area contributed by atoms with Crippen LogP contribution in [0.15, 0.2) is 33.8 Å². The van der Waals surface area contributed by atoms with Crippen molar-refractivity contribution in [1.29, 1.82) is 0 Å². The van der Waals surface area contributed by atoms with Gasteiger partial charge in [-0.2, -0.15) is 0 Å². The minimum absolute atomic E-state index is 0.0969. The van der Waals surface area contributed by atoms with E-state index in [1.807, 2.05) is 38.1 Å². The minimum atomic E-state index is -0.328. The third kappa shape index (κ3) is 4.24. The third-order valence-corrected chi connectivity index (χ3v) is 5.17. The number of esters is 1. The number of carbonyl (C=O) groups excluding carboxylic acids is 1. The van der Waals surface area contributed by atoms with Crippen LogP contribution in [0.25, 0.3) is 17.3 Å². The lowest BCUT2D eigenvalue weighted by molar-refractivity contribution is -0.139. The number of nitrogens with zero attached hydrogens (tertiary/aromatic N) is 3. The third-order valence-electron chi connectivity index (χ3n) is 4.27. The van der Waals surface area contributed by atoms with E-state index in [1.54, 1.807) is 25.7 Å². The molecule has 0 amide bonds. The summed E-state index contributed by atoms with van der Waals surface area (Å²) in [6.45, 7) is 5.94. The lowest BCUT2D eigenvalue weighted by Gasteiger charge is -2.16. The van der Waals surface area contributed by atoms with E-state index in [2.05, 4.69) is 10.2 Å². The van der Waals surface area contributed by atoms with Crippen LogP contribution in [0.2, 0.25) is 0 Å². The first kappa shape index (κ1) is 20.8. The summed E-state index contributed by atoms with van der Waals surface area (Å²) in [6, 6.07) is 7.37. The molecule has 0 N–H and O–H groups in total. The fourth-order valence-corrected chi connectivity index (χ4v) is 3.52. The maximum absolute atomic E-state index is 11.9. The molecular formula is C20H23N3O5S. The number of aryl methyl sites for hydroxylation is 2. The van der Waals surface area contributed by atoms with Crippen LogP contribution < -0.4 is 9.47 Å². The van der Waals surface area contributed by atoms with Crippen molar-refractivity contribution in [2.75, 3.05) is 26.6 Å².